The van der Waals surface area contributed by atoms with E-state index in [-0.39, 0.29) is 6.42 Å². The summed E-state index contributed by atoms with van der Waals surface area (Å²) in [5.41, 5.74) is 5.88. The number of carboxylic acids is 1. The van der Waals surface area contributed by atoms with Crippen LogP contribution < -0.4 is 11.1 Å². The van der Waals surface area contributed by atoms with Crippen molar-refractivity contribution in [2.75, 3.05) is 5.32 Å². The molecule has 6 nitrogen and oxygen atoms in total. The Morgan fingerprint density at radius 1 is 1.33 bits per heavy atom. The van der Waals surface area contributed by atoms with E-state index in [1.807, 2.05) is 0 Å². The summed E-state index contributed by atoms with van der Waals surface area (Å²) < 4.78 is 0. The van der Waals surface area contributed by atoms with Crippen molar-refractivity contribution in [3.05, 3.63) is 23.4 Å². The SMILES string of the molecule is Cc1cc(C(N)=O)cc(NC2(CC(=O)O)CCCCC2)n1. The van der Waals surface area contributed by atoms with Gasteiger partial charge in [-0.2, -0.15) is 0 Å². The van der Waals surface area contributed by atoms with Crippen molar-refractivity contribution in [2.45, 2.75) is 51.0 Å². The van der Waals surface area contributed by atoms with E-state index < -0.39 is 17.4 Å². The van der Waals surface area contributed by atoms with Crippen LogP contribution >= 0.6 is 0 Å². The van der Waals surface area contributed by atoms with Gasteiger partial charge in [-0.25, -0.2) is 4.98 Å². The largest absolute Gasteiger partial charge is 0.481 e. The molecule has 0 bridgehead atoms. The van der Waals surface area contributed by atoms with E-state index in [1.165, 1.54) is 0 Å². The van der Waals surface area contributed by atoms with E-state index in [9.17, 15) is 14.7 Å². The Labute approximate surface area is 123 Å². The fourth-order valence-corrected chi connectivity index (χ4v) is 3.01. The number of carbonyl (C=O) groups excluding carboxylic acids is 1. The summed E-state index contributed by atoms with van der Waals surface area (Å²) in [5.74, 6) is -0.821. The standard InChI is InChI=1S/C15H21N3O3/c1-10-7-11(14(16)21)8-12(17-10)18-15(9-13(19)20)5-3-2-4-6-15/h7-8H,2-6,9H2,1H3,(H2,16,21)(H,17,18)(H,19,20). The number of carboxylic acid groups (broad SMARTS) is 1. The number of anilines is 1. The van der Waals surface area contributed by atoms with Crippen LogP contribution in [0.1, 0.15) is 54.6 Å². The average molecular weight is 291 g/mol. The predicted octanol–water partition coefficient (Wildman–Crippen LogP) is 2.08. The molecule has 1 amide bonds. The van der Waals surface area contributed by atoms with Gasteiger partial charge in [-0.3, -0.25) is 9.59 Å². The van der Waals surface area contributed by atoms with Crippen LogP contribution in [-0.4, -0.2) is 27.5 Å². The number of pyridine rings is 1. The first-order valence-corrected chi connectivity index (χ1v) is 7.19. The van der Waals surface area contributed by atoms with Gasteiger partial charge in [0.2, 0.25) is 5.91 Å². The molecule has 2 rings (SSSR count). The summed E-state index contributed by atoms with van der Waals surface area (Å²) in [6.45, 7) is 1.78. The molecular weight excluding hydrogens is 270 g/mol. The highest BCUT2D eigenvalue weighted by atomic mass is 16.4. The molecule has 21 heavy (non-hydrogen) atoms. The van der Waals surface area contributed by atoms with Crippen LogP contribution in [0.15, 0.2) is 12.1 Å². The van der Waals surface area contributed by atoms with Crippen molar-refractivity contribution in [1.29, 1.82) is 0 Å². The zero-order chi connectivity index (χ0) is 15.5. The van der Waals surface area contributed by atoms with Crippen LogP contribution in [0, 0.1) is 6.92 Å². The maximum Gasteiger partial charge on any atom is 0.305 e. The Morgan fingerprint density at radius 2 is 2.00 bits per heavy atom. The third-order valence-electron chi connectivity index (χ3n) is 3.93. The number of aliphatic carboxylic acids is 1. The van der Waals surface area contributed by atoms with E-state index in [1.54, 1.807) is 19.1 Å². The second-order valence-electron chi connectivity index (χ2n) is 5.78. The number of hydrogen-bond donors (Lipinski definition) is 3. The second kappa shape index (κ2) is 6.11. The number of nitrogens with two attached hydrogens (primary N) is 1. The zero-order valence-electron chi connectivity index (χ0n) is 12.2. The fourth-order valence-electron chi connectivity index (χ4n) is 3.01. The predicted molar refractivity (Wildman–Crippen MR) is 79.2 cm³/mol. The monoisotopic (exact) mass is 291 g/mol. The normalized spacial score (nSPS) is 17.2. The Hall–Kier alpha value is -2.11. The molecule has 0 atom stereocenters. The van der Waals surface area contributed by atoms with E-state index in [0.717, 1.165) is 32.1 Å². The van der Waals surface area contributed by atoms with Crippen LogP contribution in [0.3, 0.4) is 0 Å². The minimum absolute atomic E-state index is 0.0501. The molecule has 6 heteroatoms. The van der Waals surface area contributed by atoms with Gasteiger partial charge in [-0.15, -0.1) is 0 Å². The Bertz CT molecular complexity index is 551. The first-order chi connectivity index (χ1) is 9.90. The summed E-state index contributed by atoms with van der Waals surface area (Å²) in [6, 6.07) is 3.21. The molecule has 1 heterocycles. The molecule has 0 aromatic carbocycles. The highest BCUT2D eigenvalue weighted by molar-refractivity contribution is 5.93. The van der Waals surface area contributed by atoms with Crippen LogP contribution in [0.25, 0.3) is 0 Å². The third-order valence-corrected chi connectivity index (χ3v) is 3.93. The van der Waals surface area contributed by atoms with Crippen molar-refractivity contribution >= 4 is 17.7 Å². The molecule has 1 aliphatic carbocycles. The maximum atomic E-state index is 11.3. The van der Waals surface area contributed by atoms with Gasteiger partial charge in [-0.1, -0.05) is 19.3 Å². The van der Waals surface area contributed by atoms with Gasteiger partial charge in [0.15, 0.2) is 0 Å². The van der Waals surface area contributed by atoms with E-state index >= 15 is 0 Å². The maximum absolute atomic E-state index is 11.3. The van der Waals surface area contributed by atoms with Crippen LogP contribution in [0.2, 0.25) is 0 Å². The van der Waals surface area contributed by atoms with E-state index in [0.29, 0.717) is 17.1 Å². The number of aryl methyl sites for hydroxylation is 1. The topological polar surface area (TPSA) is 105 Å². The minimum atomic E-state index is -0.827. The molecular formula is C15H21N3O3. The molecule has 1 aliphatic rings. The van der Waals surface area contributed by atoms with Gasteiger partial charge in [0.05, 0.1) is 6.42 Å². The third kappa shape index (κ3) is 3.93. The molecule has 1 fully saturated rings. The molecule has 0 spiro atoms. The number of primary amides is 1. The first-order valence-electron chi connectivity index (χ1n) is 7.19. The lowest BCUT2D eigenvalue weighted by Gasteiger charge is -2.37. The first kappa shape index (κ1) is 15.3. The Kier molecular flexibility index (Phi) is 4.45. The van der Waals surface area contributed by atoms with Crippen LogP contribution in [-0.2, 0) is 4.79 Å². The van der Waals surface area contributed by atoms with Crippen molar-refractivity contribution in [1.82, 2.24) is 4.98 Å². The quantitative estimate of drug-likeness (QED) is 0.770. The smallest absolute Gasteiger partial charge is 0.305 e. The van der Waals surface area contributed by atoms with Gasteiger partial charge in [0.1, 0.15) is 5.82 Å². The van der Waals surface area contributed by atoms with Crippen molar-refractivity contribution in [3.63, 3.8) is 0 Å². The lowest BCUT2D eigenvalue weighted by molar-refractivity contribution is -0.138. The molecule has 0 aliphatic heterocycles. The fraction of sp³-hybridized carbons (Fsp3) is 0.533. The summed E-state index contributed by atoms with van der Waals surface area (Å²) in [4.78, 5) is 26.8. The second-order valence-corrected chi connectivity index (χ2v) is 5.78. The van der Waals surface area contributed by atoms with Crippen molar-refractivity contribution in [3.8, 4) is 0 Å². The number of carbonyl (C=O) groups is 2. The number of amides is 1. The molecule has 1 aromatic rings. The number of rotatable bonds is 5. The molecule has 114 valence electrons. The van der Waals surface area contributed by atoms with Crippen molar-refractivity contribution < 1.29 is 14.7 Å². The minimum Gasteiger partial charge on any atom is -0.481 e. The number of nitrogens with zero attached hydrogens (tertiary/aromatic N) is 1. The summed E-state index contributed by atoms with van der Waals surface area (Å²) in [7, 11) is 0. The summed E-state index contributed by atoms with van der Waals surface area (Å²) in [5, 5.41) is 12.4. The molecule has 1 saturated carbocycles. The number of aromatic nitrogens is 1. The molecule has 4 N–H and O–H groups in total. The molecule has 0 unspecified atom stereocenters. The molecule has 0 saturated heterocycles. The highest BCUT2D eigenvalue weighted by Gasteiger charge is 2.34. The lowest BCUT2D eigenvalue weighted by Crippen LogP contribution is -2.42. The number of hydrogen-bond acceptors (Lipinski definition) is 4. The molecule has 0 radical (unpaired) electrons. The zero-order valence-corrected chi connectivity index (χ0v) is 12.2. The van der Waals surface area contributed by atoms with E-state index in [2.05, 4.69) is 10.3 Å². The Morgan fingerprint density at radius 3 is 2.57 bits per heavy atom. The van der Waals surface area contributed by atoms with Gasteiger partial charge >= 0.3 is 5.97 Å². The van der Waals surface area contributed by atoms with Gasteiger partial charge in [0, 0.05) is 16.8 Å². The lowest BCUT2D eigenvalue weighted by atomic mass is 9.79. The van der Waals surface area contributed by atoms with Gasteiger partial charge < -0.3 is 16.2 Å². The van der Waals surface area contributed by atoms with Crippen LogP contribution in [0.5, 0.6) is 0 Å². The van der Waals surface area contributed by atoms with E-state index in [4.69, 9.17) is 5.73 Å². The average Bonchev–Trinajstić information content (AvgIpc) is 2.37. The van der Waals surface area contributed by atoms with Gasteiger partial charge in [-0.05, 0) is 31.9 Å². The van der Waals surface area contributed by atoms with Crippen molar-refractivity contribution in [2.24, 2.45) is 5.73 Å². The molecule has 1 aromatic heterocycles. The van der Waals surface area contributed by atoms with Crippen LogP contribution in [0.4, 0.5) is 5.82 Å². The highest BCUT2D eigenvalue weighted by Crippen LogP contribution is 2.34. The summed E-state index contributed by atoms with van der Waals surface area (Å²) >= 11 is 0. The number of nitrogens with one attached hydrogen (secondary N) is 1. The van der Waals surface area contributed by atoms with Gasteiger partial charge in [0.25, 0.3) is 0 Å². The Balaban J connectivity index is 2.27. The summed E-state index contributed by atoms with van der Waals surface area (Å²) in [6.07, 6.45) is 4.75.